The van der Waals surface area contributed by atoms with Crippen LogP contribution in [0.1, 0.15) is 19.8 Å². The monoisotopic (exact) mass is 130 g/mol. The van der Waals surface area contributed by atoms with E-state index < -0.39 is 6.16 Å². The Balaban J connectivity index is 3.14. The predicted molar refractivity (Wildman–Crippen MR) is 33.2 cm³/mol. The lowest BCUT2D eigenvalue weighted by Gasteiger charge is -1.86. The lowest BCUT2D eigenvalue weighted by molar-refractivity contribution is 0.128. The second-order valence-corrected chi connectivity index (χ2v) is 1.54. The molecule has 0 aliphatic rings. The van der Waals surface area contributed by atoms with Gasteiger partial charge in [0.05, 0.1) is 6.26 Å². The molecule has 3 heteroatoms. The Morgan fingerprint density at radius 2 is 2.44 bits per heavy atom. The van der Waals surface area contributed by atoms with Crippen LogP contribution in [0.2, 0.25) is 0 Å². The fourth-order valence-corrected chi connectivity index (χ4v) is 0.341. The van der Waals surface area contributed by atoms with E-state index in [4.69, 9.17) is 5.11 Å². The minimum Gasteiger partial charge on any atom is -0.449 e. The molecule has 0 aromatic heterocycles. The molecule has 0 unspecified atom stereocenters. The summed E-state index contributed by atoms with van der Waals surface area (Å²) in [5, 5.41) is 7.94. The van der Waals surface area contributed by atoms with Crippen molar-refractivity contribution in [2.75, 3.05) is 0 Å². The van der Waals surface area contributed by atoms with Crippen LogP contribution >= 0.6 is 0 Å². The van der Waals surface area contributed by atoms with Crippen LogP contribution in [0.15, 0.2) is 12.3 Å². The van der Waals surface area contributed by atoms with Gasteiger partial charge in [0.2, 0.25) is 0 Å². The molecule has 52 valence electrons. The van der Waals surface area contributed by atoms with Crippen LogP contribution in [-0.4, -0.2) is 11.3 Å². The average molecular weight is 130 g/mol. The quantitative estimate of drug-likeness (QED) is 0.469. The first-order chi connectivity index (χ1) is 4.27. The smallest absolute Gasteiger partial charge is 0.449 e. The highest BCUT2D eigenvalue weighted by Crippen LogP contribution is 1.88. The summed E-state index contributed by atoms with van der Waals surface area (Å²) in [7, 11) is 0. The molecule has 0 bridgehead atoms. The molecule has 0 radical (unpaired) electrons. The van der Waals surface area contributed by atoms with E-state index in [-0.39, 0.29) is 0 Å². The van der Waals surface area contributed by atoms with E-state index in [1.807, 2.05) is 6.92 Å². The molecule has 0 saturated carbocycles. The number of carbonyl (C=O) groups is 1. The zero-order valence-electron chi connectivity index (χ0n) is 5.33. The lowest BCUT2D eigenvalue weighted by Crippen LogP contribution is -1.91. The standard InChI is InChI=1S/C6H10O3/c1-2-3-4-5-9-6(7)8/h4-5H,2-3H2,1H3,(H,7,8)/b5-4+. The largest absolute Gasteiger partial charge is 0.510 e. The molecule has 0 aliphatic heterocycles. The highest BCUT2D eigenvalue weighted by molar-refractivity contribution is 5.57. The van der Waals surface area contributed by atoms with E-state index >= 15 is 0 Å². The van der Waals surface area contributed by atoms with Crippen molar-refractivity contribution in [3.05, 3.63) is 12.3 Å². The number of ether oxygens (including phenoxy) is 1. The van der Waals surface area contributed by atoms with Crippen LogP contribution in [0.3, 0.4) is 0 Å². The Labute approximate surface area is 53.9 Å². The van der Waals surface area contributed by atoms with E-state index in [9.17, 15) is 4.79 Å². The maximum Gasteiger partial charge on any atom is 0.510 e. The fraction of sp³-hybridized carbons (Fsp3) is 0.500. The van der Waals surface area contributed by atoms with Crippen molar-refractivity contribution in [3.63, 3.8) is 0 Å². The molecule has 0 atom stereocenters. The second-order valence-electron chi connectivity index (χ2n) is 1.54. The number of hydrogen-bond donors (Lipinski definition) is 1. The molecule has 0 rings (SSSR count). The highest BCUT2D eigenvalue weighted by Gasteiger charge is 1.86. The van der Waals surface area contributed by atoms with Gasteiger partial charge in [0, 0.05) is 0 Å². The first kappa shape index (κ1) is 8.01. The summed E-state index contributed by atoms with van der Waals surface area (Å²) in [6, 6.07) is 0. The topological polar surface area (TPSA) is 46.5 Å². The minimum absolute atomic E-state index is 0.854. The number of rotatable bonds is 3. The van der Waals surface area contributed by atoms with E-state index in [1.165, 1.54) is 6.26 Å². The summed E-state index contributed by atoms with van der Waals surface area (Å²) >= 11 is 0. The number of allylic oxidation sites excluding steroid dienone is 1. The molecule has 0 spiro atoms. The maximum absolute atomic E-state index is 9.69. The van der Waals surface area contributed by atoms with Gasteiger partial charge in [-0.1, -0.05) is 13.3 Å². The molecular weight excluding hydrogens is 120 g/mol. The molecule has 9 heavy (non-hydrogen) atoms. The molecule has 0 aliphatic carbocycles. The van der Waals surface area contributed by atoms with Gasteiger partial charge in [-0.05, 0) is 12.5 Å². The molecule has 3 nitrogen and oxygen atoms in total. The summed E-state index contributed by atoms with van der Waals surface area (Å²) in [6.45, 7) is 2.01. The maximum atomic E-state index is 9.69. The van der Waals surface area contributed by atoms with E-state index in [0.717, 1.165) is 12.8 Å². The van der Waals surface area contributed by atoms with Crippen molar-refractivity contribution < 1.29 is 14.6 Å². The van der Waals surface area contributed by atoms with Crippen molar-refractivity contribution in [3.8, 4) is 0 Å². The van der Waals surface area contributed by atoms with Gasteiger partial charge in [0.1, 0.15) is 0 Å². The van der Waals surface area contributed by atoms with Crippen LogP contribution in [0.4, 0.5) is 4.79 Å². The Hall–Kier alpha value is -0.990. The Kier molecular flexibility index (Phi) is 4.59. The van der Waals surface area contributed by atoms with Crippen molar-refractivity contribution in [1.29, 1.82) is 0 Å². The van der Waals surface area contributed by atoms with E-state index in [2.05, 4.69) is 4.74 Å². The lowest BCUT2D eigenvalue weighted by atomic mass is 10.3. The van der Waals surface area contributed by atoms with Crippen molar-refractivity contribution in [2.24, 2.45) is 0 Å². The zero-order chi connectivity index (χ0) is 7.11. The van der Waals surface area contributed by atoms with Gasteiger partial charge in [0.15, 0.2) is 0 Å². The third kappa shape index (κ3) is 7.01. The molecule has 0 fully saturated rings. The van der Waals surface area contributed by atoms with Crippen LogP contribution < -0.4 is 0 Å². The van der Waals surface area contributed by atoms with Gasteiger partial charge in [-0.15, -0.1) is 0 Å². The summed E-state index contributed by atoms with van der Waals surface area (Å²) < 4.78 is 4.08. The fourth-order valence-electron chi connectivity index (χ4n) is 0.341. The predicted octanol–water partition coefficient (Wildman–Crippen LogP) is 1.99. The highest BCUT2D eigenvalue weighted by atomic mass is 16.7. The molecular formula is C6H10O3. The SMILES string of the molecule is CCC/C=C/OC(=O)O. The van der Waals surface area contributed by atoms with E-state index in [1.54, 1.807) is 6.08 Å². The number of hydrogen-bond acceptors (Lipinski definition) is 2. The van der Waals surface area contributed by atoms with Crippen molar-refractivity contribution >= 4 is 6.16 Å². The van der Waals surface area contributed by atoms with Gasteiger partial charge in [-0.3, -0.25) is 0 Å². The normalized spacial score (nSPS) is 9.89. The van der Waals surface area contributed by atoms with Crippen molar-refractivity contribution in [1.82, 2.24) is 0 Å². The Morgan fingerprint density at radius 3 is 2.89 bits per heavy atom. The first-order valence-electron chi connectivity index (χ1n) is 2.82. The Morgan fingerprint density at radius 1 is 1.78 bits per heavy atom. The van der Waals surface area contributed by atoms with Gasteiger partial charge in [0.25, 0.3) is 0 Å². The summed E-state index contributed by atoms with van der Waals surface area (Å²) in [5.74, 6) is 0. The summed E-state index contributed by atoms with van der Waals surface area (Å²) in [6.07, 6.45) is 3.45. The molecule has 1 N–H and O–H groups in total. The Bertz CT molecular complexity index is 107. The first-order valence-corrected chi connectivity index (χ1v) is 2.82. The van der Waals surface area contributed by atoms with Crippen LogP contribution in [-0.2, 0) is 4.74 Å². The van der Waals surface area contributed by atoms with Crippen LogP contribution in [0.5, 0.6) is 0 Å². The van der Waals surface area contributed by atoms with E-state index in [0.29, 0.717) is 0 Å². The van der Waals surface area contributed by atoms with Crippen LogP contribution in [0.25, 0.3) is 0 Å². The molecule has 0 amide bonds. The molecule has 0 saturated heterocycles. The number of unbranched alkanes of at least 4 members (excludes halogenated alkanes) is 1. The van der Waals surface area contributed by atoms with Gasteiger partial charge < -0.3 is 9.84 Å². The van der Waals surface area contributed by atoms with Crippen LogP contribution in [0, 0.1) is 0 Å². The molecule has 0 aromatic carbocycles. The van der Waals surface area contributed by atoms with Gasteiger partial charge >= 0.3 is 6.16 Å². The zero-order valence-corrected chi connectivity index (χ0v) is 5.33. The number of carboxylic acid groups (broad SMARTS) is 1. The van der Waals surface area contributed by atoms with Gasteiger partial charge in [-0.2, -0.15) is 0 Å². The molecule has 0 heterocycles. The van der Waals surface area contributed by atoms with Crippen molar-refractivity contribution in [2.45, 2.75) is 19.8 Å². The second kappa shape index (κ2) is 5.15. The summed E-state index contributed by atoms with van der Waals surface area (Å²) in [5.41, 5.74) is 0. The minimum atomic E-state index is -1.26. The molecule has 0 aromatic rings. The third-order valence-electron chi connectivity index (χ3n) is 0.720. The average Bonchev–Trinajstić information content (AvgIpc) is 1.80. The summed E-state index contributed by atoms with van der Waals surface area (Å²) in [4.78, 5) is 9.69. The van der Waals surface area contributed by atoms with Gasteiger partial charge in [-0.25, -0.2) is 4.79 Å². The third-order valence-corrected chi connectivity index (χ3v) is 0.720.